The fourth-order valence-electron chi connectivity index (χ4n) is 1.20. The van der Waals surface area contributed by atoms with Crippen LogP contribution in [0.2, 0.25) is 0 Å². The number of carbonyl (C=O) groups is 1. The van der Waals surface area contributed by atoms with Crippen LogP contribution < -0.4 is 11.0 Å². The Kier molecular flexibility index (Phi) is 3.04. The molecule has 0 aliphatic heterocycles. The van der Waals surface area contributed by atoms with Crippen LogP contribution in [0.4, 0.5) is 0 Å². The number of aromatic nitrogens is 3. The van der Waals surface area contributed by atoms with Crippen LogP contribution >= 0.6 is 11.8 Å². The van der Waals surface area contributed by atoms with Crippen LogP contribution in [0.25, 0.3) is 0 Å². The molecule has 1 aromatic rings. The van der Waals surface area contributed by atoms with Crippen LogP contribution in [0, 0.1) is 0 Å². The van der Waals surface area contributed by atoms with Crippen LogP contribution in [0.15, 0.2) is 9.95 Å². The number of amides is 1. The molecule has 1 aliphatic rings. The van der Waals surface area contributed by atoms with E-state index in [1.54, 1.807) is 7.05 Å². The smallest absolute Gasteiger partial charge is 0.343 e. The fraction of sp³-hybridized carbons (Fsp3) is 0.667. The van der Waals surface area contributed by atoms with Crippen LogP contribution in [0.3, 0.4) is 0 Å². The highest BCUT2D eigenvalue weighted by Gasteiger charge is 2.26. The molecule has 2 N–H and O–H groups in total. The largest absolute Gasteiger partial charge is 0.352 e. The number of aromatic amines is 1. The molecule has 0 spiro atoms. The first-order chi connectivity index (χ1) is 7.58. The van der Waals surface area contributed by atoms with E-state index in [0.29, 0.717) is 11.2 Å². The summed E-state index contributed by atoms with van der Waals surface area (Å²) in [7, 11) is 1.62. The van der Waals surface area contributed by atoms with Crippen molar-refractivity contribution >= 4 is 17.7 Å². The van der Waals surface area contributed by atoms with Crippen LogP contribution in [-0.2, 0) is 11.8 Å². The van der Waals surface area contributed by atoms with Crippen molar-refractivity contribution in [1.82, 2.24) is 20.1 Å². The number of carbonyl (C=O) groups excluding carboxylic acids is 1. The van der Waals surface area contributed by atoms with Crippen molar-refractivity contribution in [3.8, 4) is 0 Å². The number of H-pyrrole nitrogens is 1. The molecule has 0 bridgehead atoms. The van der Waals surface area contributed by atoms with E-state index < -0.39 is 0 Å². The topological polar surface area (TPSA) is 79.8 Å². The standard InChI is InChI=1S/C9H14N4O2S/c1-5(7(14)10-6-3-4-6)16-9-12-11-8(15)13(9)2/h5-6H,3-4H2,1-2H3,(H,10,14)(H,11,15)/t5-/m1/s1. The summed E-state index contributed by atoms with van der Waals surface area (Å²) in [5, 5.41) is 9.38. The van der Waals surface area contributed by atoms with Gasteiger partial charge in [0.25, 0.3) is 0 Å². The molecule has 2 rings (SSSR count). The van der Waals surface area contributed by atoms with Crippen molar-refractivity contribution in [3.63, 3.8) is 0 Å². The highest BCUT2D eigenvalue weighted by molar-refractivity contribution is 8.00. The van der Waals surface area contributed by atoms with Crippen LogP contribution in [0.5, 0.6) is 0 Å². The van der Waals surface area contributed by atoms with E-state index in [4.69, 9.17) is 0 Å². The third kappa shape index (κ3) is 2.46. The number of hydrogen-bond acceptors (Lipinski definition) is 4. The maximum absolute atomic E-state index is 11.7. The summed E-state index contributed by atoms with van der Waals surface area (Å²) in [6.45, 7) is 1.81. The fourth-order valence-corrected chi connectivity index (χ4v) is 2.03. The van der Waals surface area contributed by atoms with Gasteiger partial charge in [-0.1, -0.05) is 11.8 Å². The SMILES string of the molecule is C[C@@H](Sc1n[nH]c(=O)n1C)C(=O)NC1CC1. The average molecular weight is 242 g/mol. The van der Waals surface area contributed by atoms with Gasteiger partial charge in [-0.05, 0) is 19.8 Å². The number of rotatable bonds is 4. The molecule has 0 unspecified atom stereocenters. The molecule has 1 heterocycles. The summed E-state index contributed by atoms with van der Waals surface area (Å²) >= 11 is 1.28. The predicted molar refractivity (Wildman–Crippen MR) is 60.3 cm³/mol. The molecule has 6 nitrogen and oxygen atoms in total. The van der Waals surface area contributed by atoms with E-state index in [9.17, 15) is 9.59 Å². The van der Waals surface area contributed by atoms with Crippen molar-refractivity contribution in [1.29, 1.82) is 0 Å². The zero-order chi connectivity index (χ0) is 11.7. The quantitative estimate of drug-likeness (QED) is 0.721. The van der Waals surface area contributed by atoms with Crippen molar-refractivity contribution in [2.75, 3.05) is 0 Å². The second-order valence-electron chi connectivity index (χ2n) is 3.91. The molecule has 1 aromatic heterocycles. The molecule has 1 atom stereocenters. The maximum Gasteiger partial charge on any atom is 0.343 e. The zero-order valence-electron chi connectivity index (χ0n) is 9.19. The van der Waals surface area contributed by atoms with Gasteiger partial charge < -0.3 is 5.32 Å². The summed E-state index contributed by atoms with van der Waals surface area (Å²) in [6, 6.07) is 0.360. The molecule has 0 radical (unpaired) electrons. The van der Waals surface area contributed by atoms with E-state index in [2.05, 4.69) is 15.5 Å². The molecule has 0 aromatic carbocycles. The first-order valence-corrected chi connectivity index (χ1v) is 6.04. The Bertz CT molecular complexity index is 449. The molecule has 7 heteroatoms. The van der Waals surface area contributed by atoms with Gasteiger partial charge in [-0.3, -0.25) is 9.36 Å². The highest BCUT2D eigenvalue weighted by Crippen LogP contribution is 2.22. The number of nitrogens with one attached hydrogen (secondary N) is 2. The lowest BCUT2D eigenvalue weighted by atomic mass is 10.4. The minimum absolute atomic E-state index is 0.00273. The van der Waals surface area contributed by atoms with E-state index >= 15 is 0 Å². The van der Waals surface area contributed by atoms with Gasteiger partial charge in [0.05, 0.1) is 5.25 Å². The minimum Gasteiger partial charge on any atom is -0.352 e. The highest BCUT2D eigenvalue weighted by atomic mass is 32.2. The molecule has 1 amide bonds. The second-order valence-corrected chi connectivity index (χ2v) is 5.22. The van der Waals surface area contributed by atoms with E-state index in [1.165, 1.54) is 16.3 Å². The molecule has 1 aliphatic carbocycles. The second kappa shape index (κ2) is 4.32. The summed E-state index contributed by atoms with van der Waals surface area (Å²) in [4.78, 5) is 22.8. The first kappa shape index (κ1) is 11.3. The van der Waals surface area contributed by atoms with Gasteiger partial charge in [0.2, 0.25) is 5.91 Å². The third-order valence-corrected chi connectivity index (χ3v) is 3.56. The van der Waals surface area contributed by atoms with Crippen molar-refractivity contribution in [2.24, 2.45) is 7.05 Å². The number of hydrogen-bond donors (Lipinski definition) is 2. The third-order valence-electron chi connectivity index (χ3n) is 2.41. The normalized spacial score (nSPS) is 17.1. The zero-order valence-corrected chi connectivity index (χ0v) is 10.0. The number of nitrogens with zero attached hydrogens (tertiary/aromatic N) is 2. The summed E-state index contributed by atoms with van der Waals surface area (Å²) in [6.07, 6.45) is 2.15. The average Bonchev–Trinajstić information content (AvgIpc) is 3.00. The first-order valence-electron chi connectivity index (χ1n) is 5.16. The molecular weight excluding hydrogens is 228 g/mol. The van der Waals surface area contributed by atoms with Gasteiger partial charge in [0, 0.05) is 13.1 Å². The molecular formula is C9H14N4O2S. The lowest BCUT2D eigenvalue weighted by Gasteiger charge is -2.09. The van der Waals surface area contributed by atoms with Gasteiger partial charge in [-0.2, -0.15) is 0 Å². The van der Waals surface area contributed by atoms with Gasteiger partial charge in [0.1, 0.15) is 0 Å². The molecule has 88 valence electrons. The predicted octanol–water partition coefficient (Wildman–Crippen LogP) is -0.132. The van der Waals surface area contributed by atoms with E-state index in [-0.39, 0.29) is 16.8 Å². The van der Waals surface area contributed by atoms with Crippen LogP contribution in [0.1, 0.15) is 19.8 Å². The van der Waals surface area contributed by atoms with Gasteiger partial charge in [0.15, 0.2) is 5.16 Å². The minimum atomic E-state index is -0.266. The van der Waals surface area contributed by atoms with Crippen molar-refractivity contribution < 1.29 is 4.79 Å². The van der Waals surface area contributed by atoms with E-state index in [0.717, 1.165) is 12.8 Å². The Balaban J connectivity index is 1.95. The Labute approximate surface area is 96.8 Å². The summed E-state index contributed by atoms with van der Waals surface area (Å²) < 4.78 is 1.39. The lowest BCUT2D eigenvalue weighted by molar-refractivity contribution is -0.120. The Morgan fingerprint density at radius 1 is 1.69 bits per heavy atom. The summed E-state index contributed by atoms with van der Waals surface area (Å²) in [5.74, 6) is 0.00273. The van der Waals surface area contributed by atoms with Crippen molar-refractivity contribution in [3.05, 3.63) is 10.5 Å². The Morgan fingerprint density at radius 3 is 2.88 bits per heavy atom. The molecule has 1 fully saturated rings. The van der Waals surface area contributed by atoms with Crippen molar-refractivity contribution in [2.45, 2.75) is 36.2 Å². The molecule has 0 saturated heterocycles. The van der Waals surface area contributed by atoms with Gasteiger partial charge in [-0.15, -0.1) is 5.10 Å². The monoisotopic (exact) mass is 242 g/mol. The Hall–Kier alpha value is -1.24. The Morgan fingerprint density at radius 2 is 2.38 bits per heavy atom. The summed E-state index contributed by atoms with van der Waals surface area (Å²) in [5.41, 5.74) is -0.266. The van der Waals surface area contributed by atoms with E-state index in [1.807, 2.05) is 6.92 Å². The van der Waals surface area contributed by atoms with Gasteiger partial charge >= 0.3 is 5.69 Å². The molecule has 1 saturated carbocycles. The lowest BCUT2D eigenvalue weighted by Crippen LogP contribution is -2.32. The maximum atomic E-state index is 11.7. The molecule has 16 heavy (non-hydrogen) atoms. The van der Waals surface area contributed by atoms with Crippen LogP contribution in [-0.4, -0.2) is 32.0 Å². The number of thioether (sulfide) groups is 1. The van der Waals surface area contributed by atoms with Gasteiger partial charge in [-0.25, -0.2) is 9.89 Å².